The van der Waals surface area contributed by atoms with E-state index >= 15 is 0 Å². The number of carbonyl (C=O) groups excluding carboxylic acids is 3. The minimum atomic E-state index is -0.222. The number of pyridine rings is 1. The van der Waals surface area contributed by atoms with Crippen molar-refractivity contribution in [2.45, 2.75) is 45.1 Å². The summed E-state index contributed by atoms with van der Waals surface area (Å²) in [5.41, 5.74) is 7.46. The molecule has 0 unspecified atom stereocenters. The monoisotopic (exact) mass is 667 g/mol. The summed E-state index contributed by atoms with van der Waals surface area (Å²) in [5.74, 6) is 0.343. The van der Waals surface area contributed by atoms with E-state index in [0.717, 1.165) is 79.9 Å². The van der Waals surface area contributed by atoms with Gasteiger partial charge in [0.2, 0.25) is 0 Å². The first-order valence-electron chi connectivity index (χ1n) is 17.6. The SMILES string of the molecule is Cc1cnc(N2CC3(CCOCC3)C2)c(C(=O)Nc2ccc(C(=O)N3CCC(c4ccc(C(=O)NC5CC5)cc4)=Cc4ccccc43)cc2)c1. The van der Waals surface area contributed by atoms with E-state index in [1.807, 2.05) is 72.6 Å². The Kier molecular flexibility index (Phi) is 8.44. The molecule has 9 nitrogen and oxygen atoms in total. The van der Waals surface area contributed by atoms with Crippen LogP contribution in [-0.2, 0) is 4.74 Å². The number of carbonyl (C=O) groups is 3. The number of amides is 3. The Balaban J connectivity index is 0.950. The second-order valence-electron chi connectivity index (χ2n) is 14.1. The molecular weight excluding hydrogens is 626 g/mol. The number of fused-ring (bicyclic) bond motifs is 1. The number of nitrogens with one attached hydrogen (secondary N) is 2. The molecular formula is C41H41N5O4. The first-order chi connectivity index (χ1) is 24.3. The summed E-state index contributed by atoms with van der Waals surface area (Å²) in [5, 5.41) is 6.08. The highest BCUT2D eigenvalue weighted by Crippen LogP contribution is 2.42. The lowest BCUT2D eigenvalue weighted by atomic mass is 9.73. The third-order valence-corrected chi connectivity index (χ3v) is 10.4. The van der Waals surface area contributed by atoms with Crippen LogP contribution in [0.3, 0.4) is 0 Å². The van der Waals surface area contributed by atoms with Gasteiger partial charge in [0.05, 0.1) is 11.3 Å². The van der Waals surface area contributed by atoms with Crippen LogP contribution in [0.1, 0.15) is 79.9 Å². The van der Waals surface area contributed by atoms with E-state index in [0.29, 0.717) is 47.2 Å². The summed E-state index contributed by atoms with van der Waals surface area (Å²) < 4.78 is 5.57. The molecule has 1 aromatic heterocycles. The Morgan fingerprint density at radius 2 is 1.60 bits per heavy atom. The Hall–Kier alpha value is -5.28. The van der Waals surface area contributed by atoms with Gasteiger partial charge < -0.3 is 25.2 Å². The van der Waals surface area contributed by atoms with Crippen molar-refractivity contribution < 1.29 is 19.1 Å². The number of anilines is 3. The van der Waals surface area contributed by atoms with Gasteiger partial charge in [-0.3, -0.25) is 14.4 Å². The molecule has 254 valence electrons. The molecule has 0 atom stereocenters. The van der Waals surface area contributed by atoms with Crippen molar-refractivity contribution in [1.82, 2.24) is 10.3 Å². The number of para-hydroxylation sites is 1. The molecule has 3 fully saturated rings. The number of benzene rings is 3. The molecule has 50 heavy (non-hydrogen) atoms. The predicted molar refractivity (Wildman–Crippen MR) is 196 cm³/mol. The summed E-state index contributed by atoms with van der Waals surface area (Å²) in [4.78, 5) is 48.8. The second-order valence-corrected chi connectivity index (χ2v) is 14.1. The fourth-order valence-electron chi connectivity index (χ4n) is 7.30. The summed E-state index contributed by atoms with van der Waals surface area (Å²) in [6, 6.07) is 24.9. The molecule has 1 saturated carbocycles. The zero-order chi connectivity index (χ0) is 34.2. The maximum absolute atomic E-state index is 14.0. The van der Waals surface area contributed by atoms with Gasteiger partial charge in [-0.1, -0.05) is 30.3 Å². The first-order valence-corrected chi connectivity index (χ1v) is 17.6. The van der Waals surface area contributed by atoms with Crippen molar-refractivity contribution in [3.05, 3.63) is 118 Å². The van der Waals surface area contributed by atoms with Crippen molar-refractivity contribution in [3.8, 4) is 0 Å². The summed E-state index contributed by atoms with van der Waals surface area (Å²) in [6.07, 6.45) is 8.79. The highest BCUT2D eigenvalue weighted by molar-refractivity contribution is 6.10. The molecule has 4 heterocycles. The molecule has 3 aromatic carbocycles. The zero-order valence-corrected chi connectivity index (χ0v) is 28.3. The quantitative estimate of drug-likeness (QED) is 0.226. The summed E-state index contributed by atoms with van der Waals surface area (Å²) in [6.45, 7) is 5.78. The van der Waals surface area contributed by atoms with Gasteiger partial charge in [-0.2, -0.15) is 0 Å². The summed E-state index contributed by atoms with van der Waals surface area (Å²) in [7, 11) is 0. The highest BCUT2D eigenvalue weighted by atomic mass is 16.5. The Morgan fingerprint density at radius 3 is 2.34 bits per heavy atom. The number of nitrogens with zero attached hydrogens (tertiary/aromatic N) is 3. The van der Waals surface area contributed by atoms with Crippen LogP contribution in [0.2, 0.25) is 0 Å². The van der Waals surface area contributed by atoms with Crippen LogP contribution >= 0.6 is 0 Å². The van der Waals surface area contributed by atoms with Gasteiger partial charge >= 0.3 is 0 Å². The molecule has 2 N–H and O–H groups in total. The Morgan fingerprint density at radius 1 is 0.880 bits per heavy atom. The van der Waals surface area contributed by atoms with Crippen LogP contribution in [0.15, 0.2) is 85.1 Å². The predicted octanol–water partition coefficient (Wildman–Crippen LogP) is 6.74. The summed E-state index contributed by atoms with van der Waals surface area (Å²) >= 11 is 0. The molecule has 1 spiro atoms. The minimum absolute atomic E-state index is 0.0335. The normalized spacial score (nSPS) is 18.0. The van der Waals surface area contributed by atoms with E-state index in [-0.39, 0.29) is 23.1 Å². The van der Waals surface area contributed by atoms with Crippen LogP contribution in [0, 0.1) is 12.3 Å². The van der Waals surface area contributed by atoms with Crippen LogP contribution in [0.25, 0.3) is 11.6 Å². The molecule has 4 aromatic rings. The van der Waals surface area contributed by atoms with Crippen molar-refractivity contribution in [2.75, 3.05) is 48.0 Å². The van der Waals surface area contributed by atoms with Crippen molar-refractivity contribution in [3.63, 3.8) is 0 Å². The maximum atomic E-state index is 14.0. The molecule has 1 aliphatic carbocycles. The molecule has 9 heteroatoms. The van der Waals surface area contributed by atoms with E-state index < -0.39 is 0 Å². The fraction of sp³-hybridized carbons (Fsp3) is 0.317. The van der Waals surface area contributed by atoms with E-state index in [2.05, 4.69) is 26.6 Å². The number of aryl methyl sites for hydroxylation is 1. The molecule has 3 amide bonds. The van der Waals surface area contributed by atoms with Crippen LogP contribution < -0.4 is 20.4 Å². The highest BCUT2D eigenvalue weighted by Gasteiger charge is 2.45. The Bertz CT molecular complexity index is 1970. The van der Waals surface area contributed by atoms with Gasteiger partial charge in [-0.15, -0.1) is 0 Å². The minimum Gasteiger partial charge on any atom is -0.381 e. The molecule has 2 saturated heterocycles. The Labute approximate surface area is 292 Å². The third kappa shape index (κ3) is 6.53. The van der Waals surface area contributed by atoms with Crippen LogP contribution in [-0.4, -0.2) is 61.6 Å². The molecule has 3 aliphatic heterocycles. The lowest BCUT2D eigenvalue weighted by Crippen LogP contribution is -2.59. The standard InChI is InChI=1S/C41H41N5O4/c1-27-22-35(37(42-24-27)45-25-41(26-45)17-20-50-21-18-41)39(48)44-33-12-10-30(11-13-33)40(49)46-19-16-31(23-32-4-2-3-5-36(32)46)28-6-8-29(9-7-28)38(47)43-34-14-15-34/h2-13,22-24,34H,14-21,25-26H2,1H3,(H,43,47)(H,44,48). The third-order valence-electron chi connectivity index (χ3n) is 10.4. The number of hydrogen-bond acceptors (Lipinski definition) is 6. The molecule has 4 aliphatic rings. The number of aromatic nitrogens is 1. The van der Waals surface area contributed by atoms with Gasteiger partial charge in [-0.05, 0) is 116 Å². The first kappa shape index (κ1) is 32.0. The van der Waals surface area contributed by atoms with E-state index in [1.54, 1.807) is 24.3 Å². The zero-order valence-electron chi connectivity index (χ0n) is 28.3. The smallest absolute Gasteiger partial charge is 0.259 e. The van der Waals surface area contributed by atoms with Crippen LogP contribution in [0.5, 0.6) is 0 Å². The average Bonchev–Trinajstić information content (AvgIpc) is 3.97. The molecule has 8 rings (SSSR count). The number of hydrogen-bond donors (Lipinski definition) is 2. The average molecular weight is 668 g/mol. The topological polar surface area (TPSA) is 104 Å². The molecule has 0 radical (unpaired) electrons. The molecule has 0 bridgehead atoms. The van der Waals surface area contributed by atoms with E-state index in [9.17, 15) is 14.4 Å². The van der Waals surface area contributed by atoms with Gasteiger partial charge in [0.25, 0.3) is 17.7 Å². The van der Waals surface area contributed by atoms with Crippen molar-refractivity contribution >= 4 is 46.6 Å². The van der Waals surface area contributed by atoms with Crippen molar-refractivity contribution in [1.29, 1.82) is 0 Å². The van der Waals surface area contributed by atoms with E-state index in [4.69, 9.17) is 4.74 Å². The largest absolute Gasteiger partial charge is 0.381 e. The second kappa shape index (κ2) is 13.2. The van der Waals surface area contributed by atoms with Gasteiger partial charge in [0.1, 0.15) is 5.82 Å². The lowest BCUT2D eigenvalue weighted by Gasteiger charge is -2.53. The maximum Gasteiger partial charge on any atom is 0.259 e. The van der Waals surface area contributed by atoms with E-state index in [1.165, 1.54) is 0 Å². The van der Waals surface area contributed by atoms with Gasteiger partial charge in [0, 0.05) is 67.3 Å². The lowest BCUT2D eigenvalue weighted by molar-refractivity contribution is -0.000511. The fourth-order valence-corrected chi connectivity index (χ4v) is 7.30. The van der Waals surface area contributed by atoms with Gasteiger partial charge in [0.15, 0.2) is 0 Å². The van der Waals surface area contributed by atoms with Crippen LogP contribution in [0.4, 0.5) is 17.2 Å². The van der Waals surface area contributed by atoms with Gasteiger partial charge in [-0.25, -0.2) is 4.98 Å². The number of rotatable bonds is 7. The number of ether oxygens (including phenoxy) is 1. The van der Waals surface area contributed by atoms with Crippen molar-refractivity contribution in [2.24, 2.45) is 5.41 Å².